The lowest BCUT2D eigenvalue weighted by atomic mass is 10.0. The molecule has 2 atom stereocenters. The highest BCUT2D eigenvalue weighted by Gasteiger charge is 2.33. The van der Waals surface area contributed by atoms with Gasteiger partial charge in [-0.3, -0.25) is 10.2 Å². The third-order valence-corrected chi connectivity index (χ3v) is 7.13. The zero-order valence-corrected chi connectivity index (χ0v) is 21.3. The third kappa shape index (κ3) is 4.84. The number of hydrogen-bond donors (Lipinski definition) is 3. The van der Waals surface area contributed by atoms with Gasteiger partial charge in [-0.1, -0.05) is 29.8 Å². The maximum Gasteiger partial charge on any atom is 0.221 e. The minimum absolute atomic E-state index is 0.158. The molecular formula is C27H28ClFN6O2. The number of halogens is 2. The van der Waals surface area contributed by atoms with Crippen LogP contribution < -0.4 is 15.8 Å². The number of piperidine rings is 1. The summed E-state index contributed by atoms with van der Waals surface area (Å²) in [7, 11) is 0. The lowest BCUT2D eigenvalue weighted by Gasteiger charge is -2.38. The fourth-order valence-electron chi connectivity index (χ4n) is 5.05. The van der Waals surface area contributed by atoms with Crippen molar-refractivity contribution in [3.8, 4) is 0 Å². The van der Waals surface area contributed by atoms with E-state index in [2.05, 4.69) is 10.3 Å². The summed E-state index contributed by atoms with van der Waals surface area (Å²) in [5, 5.41) is 23.7. The summed E-state index contributed by atoms with van der Waals surface area (Å²) in [4.78, 5) is 18.3. The maximum absolute atomic E-state index is 14.4. The van der Waals surface area contributed by atoms with Gasteiger partial charge in [0.2, 0.25) is 11.5 Å². The highest BCUT2D eigenvalue weighted by atomic mass is 35.5. The molecule has 37 heavy (non-hydrogen) atoms. The molecule has 2 aromatic heterocycles. The van der Waals surface area contributed by atoms with Crippen molar-refractivity contribution in [2.45, 2.75) is 39.0 Å². The summed E-state index contributed by atoms with van der Waals surface area (Å²) in [6, 6.07) is 15.1. The Kier molecular flexibility index (Phi) is 6.74. The largest absolute Gasteiger partial charge is 0.389 e. The van der Waals surface area contributed by atoms with Crippen molar-refractivity contribution in [3.05, 3.63) is 82.3 Å². The smallest absolute Gasteiger partial charge is 0.221 e. The first-order valence-corrected chi connectivity index (χ1v) is 12.5. The number of aliphatic hydroxyl groups is 1. The summed E-state index contributed by atoms with van der Waals surface area (Å²) in [5.41, 5.74) is 3.61. The quantitative estimate of drug-likeness (QED) is 0.365. The van der Waals surface area contributed by atoms with E-state index in [1.54, 1.807) is 27.3 Å². The number of aryl methyl sites for hydroxylation is 1. The summed E-state index contributed by atoms with van der Waals surface area (Å²) < 4.78 is 17.9. The van der Waals surface area contributed by atoms with Gasteiger partial charge in [-0.25, -0.2) is 9.37 Å². The first-order chi connectivity index (χ1) is 17.7. The molecule has 0 bridgehead atoms. The molecule has 0 saturated carbocycles. The van der Waals surface area contributed by atoms with Crippen LogP contribution in [0.4, 0.5) is 15.9 Å². The van der Waals surface area contributed by atoms with Crippen LogP contribution in [0.3, 0.4) is 0 Å². The third-order valence-electron chi connectivity index (χ3n) is 6.76. The minimum Gasteiger partial charge on any atom is -0.389 e. The Morgan fingerprint density at radius 2 is 2.00 bits per heavy atom. The molecule has 5 rings (SSSR count). The lowest BCUT2D eigenvalue weighted by molar-refractivity contribution is -0.114. The highest BCUT2D eigenvalue weighted by molar-refractivity contribution is 6.31. The van der Waals surface area contributed by atoms with E-state index in [1.807, 2.05) is 36.1 Å². The van der Waals surface area contributed by atoms with Crippen LogP contribution in [0.1, 0.15) is 30.6 Å². The second-order valence-electron chi connectivity index (χ2n) is 9.38. The normalized spacial score (nSPS) is 17.8. The molecule has 1 aliphatic heterocycles. The number of rotatable bonds is 5. The fourth-order valence-corrected chi connectivity index (χ4v) is 5.25. The number of aromatic nitrogens is 3. The molecule has 1 fully saturated rings. The zero-order valence-electron chi connectivity index (χ0n) is 20.6. The van der Waals surface area contributed by atoms with Gasteiger partial charge in [-0.05, 0) is 55.3 Å². The Morgan fingerprint density at radius 3 is 2.73 bits per heavy atom. The predicted octanol–water partition coefficient (Wildman–Crippen LogP) is 4.24. The number of imidazole rings is 1. The molecule has 1 saturated heterocycles. The second-order valence-corrected chi connectivity index (χ2v) is 9.79. The van der Waals surface area contributed by atoms with Crippen molar-refractivity contribution in [2.24, 2.45) is 0 Å². The van der Waals surface area contributed by atoms with Gasteiger partial charge in [0.25, 0.3) is 0 Å². The molecule has 0 spiro atoms. The van der Waals surface area contributed by atoms with Crippen molar-refractivity contribution in [1.82, 2.24) is 14.1 Å². The number of β-amino-alcohol motifs (C(OH)–C–C–N with tert-alkyl or cyclic N) is 1. The van der Waals surface area contributed by atoms with Crippen molar-refractivity contribution >= 4 is 40.0 Å². The van der Waals surface area contributed by atoms with Crippen LogP contribution in [0, 0.1) is 18.2 Å². The number of carbonyl (C=O) groups excluding carboxylic acids is 1. The van der Waals surface area contributed by atoms with E-state index in [0.29, 0.717) is 47.1 Å². The number of pyridine rings is 1. The van der Waals surface area contributed by atoms with Crippen molar-refractivity contribution in [1.29, 1.82) is 5.41 Å². The molecule has 3 N–H and O–H groups in total. The standard InChI is InChI=1S/C27H28ClFN6O2/c1-16-7-9-21(32-17(2)36)26(31-16)33-12-11-23(25(37)15-33)35-24-13-19(29)8-10-22(24)34(27(35)30)14-18-5-3-4-6-20(18)28/h3-10,13,23,25,30,37H,11-12,14-15H2,1-2H3,(H,32,36)/t23-,25-/m0/s1. The van der Waals surface area contributed by atoms with Gasteiger partial charge in [0.1, 0.15) is 5.82 Å². The van der Waals surface area contributed by atoms with Crippen LogP contribution in [-0.4, -0.2) is 44.3 Å². The Balaban J connectivity index is 1.51. The minimum atomic E-state index is -0.863. The van der Waals surface area contributed by atoms with E-state index in [4.69, 9.17) is 17.0 Å². The van der Waals surface area contributed by atoms with Crippen LogP contribution >= 0.6 is 11.6 Å². The number of carbonyl (C=O) groups is 1. The van der Waals surface area contributed by atoms with Gasteiger partial charge < -0.3 is 24.5 Å². The van der Waals surface area contributed by atoms with Crippen LogP contribution in [0.15, 0.2) is 54.6 Å². The van der Waals surface area contributed by atoms with Crippen LogP contribution in [0.25, 0.3) is 11.0 Å². The molecule has 1 amide bonds. The molecule has 10 heteroatoms. The molecule has 8 nitrogen and oxygen atoms in total. The first-order valence-electron chi connectivity index (χ1n) is 12.1. The van der Waals surface area contributed by atoms with E-state index in [-0.39, 0.29) is 18.1 Å². The summed E-state index contributed by atoms with van der Waals surface area (Å²) in [5.74, 6) is -0.0203. The molecule has 0 aliphatic carbocycles. The van der Waals surface area contributed by atoms with Crippen LogP contribution in [0.5, 0.6) is 0 Å². The van der Waals surface area contributed by atoms with Gasteiger partial charge in [0.05, 0.1) is 35.4 Å². The Hall–Kier alpha value is -3.69. The number of anilines is 2. The molecular weight excluding hydrogens is 495 g/mol. The summed E-state index contributed by atoms with van der Waals surface area (Å²) >= 11 is 6.39. The number of nitrogens with zero attached hydrogens (tertiary/aromatic N) is 4. The van der Waals surface area contributed by atoms with Crippen LogP contribution in [0.2, 0.25) is 5.02 Å². The number of amides is 1. The number of aliphatic hydroxyl groups excluding tert-OH is 1. The number of benzene rings is 2. The Labute approximate surface area is 218 Å². The first kappa shape index (κ1) is 25.0. The fraction of sp³-hybridized carbons (Fsp3) is 0.296. The van der Waals surface area contributed by atoms with E-state index >= 15 is 0 Å². The molecule has 1 aliphatic rings. The summed E-state index contributed by atoms with van der Waals surface area (Å²) in [6.45, 7) is 4.43. The van der Waals surface area contributed by atoms with Gasteiger partial charge >= 0.3 is 0 Å². The molecule has 0 unspecified atom stereocenters. The topological polar surface area (TPSA) is 99.2 Å². The monoisotopic (exact) mass is 522 g/mol. The van der Waals surface area contributed by atoms with E-state index in [9.17, 15) is 14.3 Å². The Morgan fingerprint density at radius 1 is 1.22 bits per heavy atom. The second kappa shape index (κ2) is 9.99. The van der Waals surface area contributed by atoms with Gasteiger partial charge in [0, 0.05) is 30.7 Å². The van der Waals surface area contributed by atoms with E-state index in [0.717, 1.165) is 11.3 Å². The zero-order chi connectivity index (χ0) is 26.3. The van der Waals surface area contributed by atoms with Crippen molar-refractivity contribution in [2.75, 3.05) is 23.3 Å². The number of fused-ring (bicyclic) bond motifs is 1. The molecule has 0 radical (unpaired) electrons. The molecule has 2 aromatic carbocycles. The molecule has 192 valence electrons. The van der Waals surface area contributed by atoms with E-state index in [1.165, 1.54) is 19.1 Å². The summed E-state index contributed by atoms with van der Waals surface area (Å²) in [6.07, 6.45) is -0.368. The average molecular weight is 523 g/mol. The van der Waals surface area contributed by atoms with Crippen LogP contribution in [-0.2, 0) is 11.3 Å². The SMILES string of the molecule is CC(=O)Nc1ccc(C)nc1N1CC[C@H](n2c(=N)n(Cc3ccccc3Cl)c3ccc(F)cc32)[C@@H](O)C1. The molecule has 4 aromatic rings. The van der Waals surface area contributed by atoms with Gasteiger partial charge in [-0.2, -0.15) is 0 Å². The number of hydrogen-bond acceptors (Lipinski definition) is 5. The van der Waals surface area contributed by atoms with Crippen molar-refractivity contribution < 1.29 is 14.3 Å². The molecule has 3 heterocycles. The Bertz CT molecular complexity index is 1550. The highest BCUT2D eigenvalue weighted by Crippen LogP contribution is 2.32. The lowest BCUT2D eigenvalue weighted by Crippen LogP contribution is -2.47. The predicted molar refractivity (Wildman–Crippen MR) is 141 cm³/mol. The van der Waals surface area contributed by atoms with Gasteiger partial charge in [0.15, 0.2) is 5.82 Å². The maximum atomic E-state index is 14.4. The average Bonchev–Trinajstić information content (AvgIpc) is 3.11. The number of nitrogens with one attached hydrogen (secondary N) is 2. The van der Waals surface area contributed by atoms with Gasteiger partial charge in [-0.15, -0.1) is 0 Å². The van der Waals surface area contributed by atoms with Crippen molar-refractivity contribution in [3.63, 3.8) is 0 Å². The van der Waals surface area contributed by atoms with E-state index < -0.39 is 18.0 Å².